The summed E-state index contributed by atoms with van der Waals surface area (Å²) in [5, 5.41) is 17.3. The van der Waals surface area contributed by atoms with Crippen molar-refractivity contribution >= 4 is 41.3 Å². The molecule has 3 aromatic rings. The molecule has 0 saturated carbocycles. The summed E-state index contributed by atoms with van der Waals surface area (Å²) >= 11 is 6.98. The molecular weight excluding hydrogens is 428 g/mol. The van der Waals surface area contributed by atoms with E-state index in [2.05, 4.69) is 15.2 Å². The molecule has 2 N–H and O–H groups in total. The number of methoxy groups -OCH3 is 1. The van der Waals surface area contributed by atoms with E-state index in [0.29, 0.717) is 33.8 Å². The molecule has 158 valence electrons. The van der Waals surface area contributed by atoms with Crippen molar-refractivity contribution in [3.63, 3.8) is 0 Å². The number of nitrogens with one attached hydrogen (secondary N) is 1. The van der Waals surface area contributed by atoms with Gasteiger partial charge in [-0.3, -0.25) is 5.10 Å². The van der Waals surface area contributed by atoms with Crippen molar-refractivity contribution in [2.45, 2.75) is 19.0 Å². The average molecular weight is 449 g/mol. The first-order valence-electron chi connectivity index (χ1n) is 9.19. The molecule has 0 unspecified atom stereocenters. The summed E-state index contributed by atoms with van der Waals surface area (Å²) in [6.45, 7) is 5.63. The van der Waals surface area contributed by atoms with Crippen molar-refractivity contribution in [3.05, 3.63) is 46.0 Å². The Bertz CT molecular complexity index is 1060. The number of thioether (sulfide) groups is 1. The smallest absolute Gasteiger partial charge is 0.342 e. The van der Waals surface area contributed by atoms with E-state index in [1.54, 1.807) is 31.4 Å². The summed E-state index contributed by atoms with van der Waals surface area (Å²) in [4.78, 5) is 18.2. The molecule has 30 heavy (non-hydrogen) atoms. The Balaban J connectivity index is 1.84. The number of aliphatic carboxylic acids is 1. The van der Waals surface area contributed by atoms with E-state index < -0.39 is 5.97 Å². The lowest BCUT2D eigenvalue weighted by Gasteiger charge is -2.16. The SMILES string of the molecule is CCN(CC)c1ccc(/C=C(\Sc2n[nH]c(-c3cc(Cl)ccc3OC)n2)C(=O)O)o1. The summed E-state index contributed by atoms with van der Waals surface area (Å²) in [5.41, 5.74) is 0.625. The molecule has 0 fully saturated rings. The molecule has 0 bridgehead atoms. The summed E-state index contributed by atoms with van der Waals surface area (Å²) < 4.78 is 11.1. The van der Waals surface area contributed by atoms with Gasteiger partial charge in [-0.2, -0.15) is 0 Å². The molecule has 0 aliphatic rings. The number of rotatable bonds is 9. The quantitative estimate of drug-likeness (QED) is 0.355. The van der Waals surface area contributed by atoms with Gasteiger partial charge >= 0.3 is 5.97 Å². The fourth-order valence-corrected chi connectivity index (χ4v) is 3.62. The van der Waals surface area contributed by atoms with Gasteiger partial charge in [0, 0.05) is 30.3 Å². The van der Waals surface area contributed by atoms with Gasteiger partial charge in [-0.25, -0.2) is 9.78 Å². The first-order valence-corrected chi connectivity index (χ1v) is 10.4. The molecule has 0 atom stereocenters. The molecule has 0 amide bonds. The number of carboxylic acids is 1. The predicted molar refractivity (Wildman–Crippen MR) is 117 cm³/mol. The standard InChI is InChI=1S/C20H21ClN4O4S/c1-4-25(5-2)17-9-7-13(29-17)11-16(19(26)27)30-20-22-18(23-24-20)14-10-12(21)6-8-15(14)28-3/h6-11H,4-5H2,1-3H3,(H,26,27)(H,22,23,24)/b16-11-. The zero-order chi connectivity index (χ0) is 21.7. The van der Waals surface area contributed by atoms with Crippen molar-refractivity contribution in [1.29, 1.82) is 0 Å². The minimum Gasteiger partial charge on any atom is -0.496 e. The van der Waals surface area contributed by atoms with Crippen LogP contribution in [0.3, 0.4) is 0 Å². The van der Waals surface area contributed by atoms with Crippen LogP contribution in [0.5, 0.6) is 5.75 Å². The van der Waals surface area contributed by atoms with Gasteiger partial charge in [-0.15, -0.1) is 5.10 Å². The van der Waals surface area contributed by atoms with Gasteiger partial charge in [-0.05, 0) is 49.9 Å². The van der Waals surface area contributed by atoms with Crippen LogP contribution >= 0.6 is 23.4 Å². The third kappa shape index (κ3) is 4.98. The second kappa shape index (κ2) is 9.73. The molecule has 3 rings (SSSR count). The summed E-state index contributed by atoms with van der Waals surface area (Å²) in [7, 11) is 1.54. The number of carbonyl (C=O) groups is 1. The molecule has 0 spiro atoms. The van der Waals surface area contributed by atoms with Crippen LogP contribution in [0.25, 0.3) is 17.5 Å². The van der Waals surface area contributed by atoms with Crippen LogP contribution < -0.4 is 9.64 Å². The van der Waals surface area contributed by atoms with Gasteiger partial charge in [-0.1, -0.05) is 11.6 Å². The van der Waals surface area contributed by atoms with E-state index >= 15 is 0 Å². The monoisotopic (exact) mass is 448 g/mol. The highest BCUT2D eigenvalue weighted by atomic mass is 35.5. The van der Waals surface area contributed by atoms with Gasteiger partial charge in [0.25, 0.3) is 0 Å². The fraction of sp³-hybridized carbons (Fsp3) is 0.250. The third-order valence-corrected chi connectivity index (χ3v) is 5.37. The number of halogens is 1. The summed E-state index contributed by atoms with van der Waals surface area (Å²) in [6, 6.07) is 8.68. The Kier molecular flexibility index (Phi) is 7.07. The normalized spacial score (nSPS) is 11.5. The number of aromatic nitrogens is 3. The number of hydrogen-bond acceptors (Lipinski definition) is 7. The highest BCUT2D eigenvalue weighted by Gasteiger charge is 2.17. The van der Waals surface area contributed by atoms with E-state index in [4.69, 9.17) is 20.8 Å². The first kappa shape index (κ1) is 21.8. The number of H-pyrrole nitrogens is 1. The van der Waals surface area contributed by atoms with Crippen LogP contribution in [0.15, 0.2) is 44.8 Å². The summed E-state index contributed by atoms with van der Waals surface area (Å²) in [5.74, 6) is 1.01. The molecule has 0 aliphatic carbocycles. The number of ether oxygens (including phenoxy) is 1. The zero-order valence-corrected chi connectivity index (χ0v) is 18.3. The van der Waals surface area contributed by atoms with Gasteiger partial charge in [0.05, 0.1) is 12.7 Å². The lowest BCUT2D eigenvalue weighted by Crippen LogP contribution is -2.20. The van der Waals surface area contributed by atoms with E-state index in [-0.39, 0.29) is 10.1 Å². The number of benzene rings is 1. The Hall–Kier alpha value is -2.91. The molecule has 0 saturated heterocycles. The van der Waals surface area contributed by atoms with E-state index in [0.717, 1.165) is 24.9 Å². The highest BCUT2D eigenvalue weighted by molar-refractivity contribution is 8.04. The number of aromatic amines is 1. The first-order chi connectivity index (χ1) is 14.4. The number of anilines is 1. The molecule has 0 aliphatic heterocycles. The second-order valence-corrected chi connectivity index (χ2v) is 7.52. The van der Waals surface area contributed by atoms with Crippen molar-refractivity contribution in [2.75, 3.05) is 25.1 Å². The van der Waals surface area contributed by atoms with Crippen molar-refractivity contribution in [3.8, 4) is 17.1 Å². The van der Waals surface area contributed by atoms with Crippen LogP contribution in [-0.4, -0.2) is 46.5 Å². The number of carboxylic acid groups (broad SMARTS) is 1. The lowest BCUT2D eigenvalue weighted by atomic mass is 10.2. The van der Waals surface area contributed by atoms with Gasteiger partial charge in [0.1, 0.15) is 16.4 Å². The van der Waals surface area contributed by atoms with Crippen LogP contribution in [0, 0.1) is 0 Å². The lowest BCUT2D eigenvalue weighted by molar-refractivity contribution is -0.131. The van der Waals surface area contributed by atoms with Gasteiger partial charge in [0.15, 0.2) is 11.7 Å². The third-order valence-electron chi connectivity index (χ3n) is 4.25. The average Bonchev–Trinajstić information content (AvgIpc) is 3.38. The minimum atomic E-state index is -1.10. The largest absolute Gasteiger partial charge is 0.496 e. The highest BCUT2D eigenvalue weighted by Crippen LogP contribution is 2.33. The molecule has 2 aromatic heterocycles. The number of hydrogen-bond donors (Lipinski definition) is 2. The van der Waals surface area contributed by atoms with E-state index in [9.17, 15) is 9.90 Å². The minimum absolute atomic E-state index is 0.0269. The fourth-order valence-electron chi connectivity index (χ4n) is 2.77. The second-order valence-electron chi connectivity index (χ2n) is 6.08. The van der Waals surface area contributed by atoms with Crippen LogP contribution in [0.2, 0.25) is 5.02 Å². The van der Waals surface area contributed by atoms with Gasteiger partial charge < -0.3 is 19.2 Å². The Morgan fingerprint density at radius 1 is 1.33 bits per heavy atom. The van der Waals surface area contributed by atoms with E-state index in [1.807, 2.05) is 24.8 Å². The Morgan fingerprint density at radius 3 is 2.77 bits per heavy atom. The number of furan rings is 1. The maximum atomic E-state index is 11.7. The molecule has 0 radical (unpaired) electrons. The van der Waals surface area contributed by atoms with Gasteiger partial charge in [0.2, 0.25) is 5.16 Å². The maximum Gasteiger partial charge on any atom is 0.342 e. The molecule has 2 heterocycles. The zero-order valence-electron chi connectivity index (χ0n) is 16.7. The number of nitrogens with zero attached hydrogens (tertiary/aromatic N) is 3. The molecule has 1 aromatic carbocycles. The van der Waals surface area contributed by atoms with Crippen molar-refractivity contribution in [1.82, 2.24) is 15.2 Å². The van der Waals surface area contributed by atoms with Crippen LogP contribution in [-0.2, 0) is 4.79 Å². The van der Waals surface area contributed by atoms with Crippen LogP contribution in [0.1, 0.15) is 19.6 Å². The Labute approximate surface area is 182 Å². The van der Waals surface area contributed by atoms with Crippen molar-refractivity contribution in [2.24, 2.45) is 0 Å². The Morgan fingerprint density at radius 2 is 2.10 bits per heavy atom. The topological polar surface area (TPSA) is 104 Å². The maximum absolute atomic E-state index is 11.7. The van der Waals surface area contributed by atoms with E-state index in [1.165, 1.54) is 6.08 Å². The molecular formula is C20H21ClN4O4S. The van der Waals surface area contributed by atoms with Crippen LogP contribution in [0.4, 0.5) is 5.88 Å². The molecule has 10 heteroatoms. The predicted octanol–water partition coefficient (Wildman–Crippen LogP) is 4.79. The summed E-state index contributed by atoms with van der Waals surface area (Å²) in [6.07, 6.45) is 1.45. The molecule has 8 nitrogen and oxygen atoms in total. The van der Waals surface area contributed by atoms with Crippen molar-refractivity contribution < 1.29 is 19.1 Å².